The number of hydrogen-bond donors (Lipinski definition) is 2. The lowest BCUT2D eigenvalue weighted by atomic mass is 9.96. The first-order valence-corrected chi connectivity index (χ1v) is 16.3. The highest BCUT2D eigenvalue weighted by Gasteiger charge is 2.37. The van der Waals surface area contributed by atoms with Crippen LogP contribution in [0.15, 0.2) is 42.5 Å². The molecule has 4 bridgehead atoms. The zero-order chi connectivity index (χ0) is 29.8. The third kappa shape index (κ3) is 5.13. The minimum atomic E-state index is -0.545. The number of ether oxygens (including phenoxy) is 2. The van der Waals surface area contributed by atoms with E-state index in [1.54, 1.807) is 18.2 Å². The molecule has 0 aliphatic carbocycles. The standard InChI is InChI=1S/C34H37ClFN5O3/c35-29-15-28-32(31(36)30(29)27-14-25(42)13-21-4-1-2-5-26(21)27)38-34(39-33(28)40-10-8-20-12-22(17-40)37-16-20)44-11-3-9-41-23-6-7-24(41)19-43-18-23/h1-2,4-5,13-15,20,22-24,37,42H,3,6-12,16-19H2. The van der Waals surface area contributed by atoms with Gasteiger partial charge in [-0.3, -0.25) is 4.90 Å². The molecule has 4 aliphatic rings. The lowest BCUT2D eigenvalue weighted by Crippen LogP contribution is -2.46. The predicted molar refractivity (Wildman–Crippen MR) is 170 cm³/mol. The van der Waals surface area contributed by atoms with Gasteiger partial charge in [-0.05, 0) is 79.1 Å². The maximum Gasteiger partial charge on any atom is 0.319 e. The van der Waals surface area contributed by atoms with Gasteiger partial charge in [-0.25, -0.2) is 4.39 Å². The molecule has 4 saturated heterocycles. The van der Waals surface area contributed by atoms with E-state index in [4.69, 9.17) is 26.1 Å². The summed E-state index contributed by atoms with van der Waals surface area (Å²) in [6, 6.07) is 14.1. The summed E-state index contributed by atoms with van der Waals surface area (Å²) in [6.45, 7) is 5.63. The van der Waals surface area contributed by atoms with Crippen molar-refractivity contribution >= 4 is 39.1 Å². The van der Waals surface area contributed by atoms with E-state index in [9.17, 15) is 5.11 Å². The molecule has 0 radical (unpaired) electrons. The van der Waals surface area contributed by atoms with Gasteiger partial charge in [-0.2, -0.15) is 9.97 Å². The van der Waals surface area contributed by atoms with Crippen molar-refractivity contribution in [2.75, 3.05) is 50.9 Å². The van der Waals surface area contributed by atoms with E-state index < -0.39 is 5.82 Å². The van der Waals surface area contributed by atoms with Crippen molar-refractivity contribution in [3.63, 3.8) is 0 Å². The van der Waals surface area contributed by atoms with Crippen molar-refractivity contribution in [3.8, 4) is 22.9 Å². The highest BCUT2D eigenvalue weighted by atomic mass is 35.5. The van der Waals surface area contributed by atoms with Gasteiger partial charge in [-0.1, -0.05) is 35.9 Å². The Hall–Kier alpha value is -3.24. The minimum absolute atomic E-state index is 0.0440. The van der Waals surface area contributed by atoms with Gasteiger partial charge in [0.05, 0.1) is 24.8 Å². The summed E-state index contributed by atoms with van der Waals surface area (Å²) in [5.41, 5.74) is 0.899. The van der Waals surface area contributed by atoms with Crippen LogP contribution in [0, 0.1) is 11.7 Å². The molecule has 4 fully saturated rings. The number of halogens is 2. The van der Waals surface area contributed by atoms with Crippen LogP contribution in [0.2, 0.25) is 5.02 Å². The smallest absolute Gasteiger partial charge is 0.319 e. The van der Waals surface area contributed by atoms with E-state index in [0.717, 1.165) is 69.4 Å². The molecule has 4 aliphatic heterocycles. The fourth-order valence-electron chi connectivity index (χ4n) is 7.85. The SMILES string of the molecule is Oc1cc(-c2c(Cl)cc3c(N4CCC5CNC(C5)C4)nc(OCCCN4C5CCC4COC5)nc3c2F)c2ccccc2c1. The molecule has 0 amide bonds. The first-order chi connectivity index (χ1) is 21.5. The van der Waals surface area contributed by atoms with Gasteiger partial charge in [0.2, 0.25) is 0 Å². The van der Waals surface area contributed by atoms with Crippen LogP contribution in [0.5, 0.6) is 11.8 Å². The summed E-state index contributed by atoms with van der Waals surface area (Å²) in [5.74, 6) is 0.785. The largest absolute Gasteiger partial charge is 0.508 e. The second-order valence-electron chi connectivity index (χ2n) is 12.8. The Kier molecular flexibility index (Phi) is 7.45. The lowest BCUT2D eigenvalue weighted by Gasteiger charge is -2.34. The van der Waals surface area contributed by atoms with Crippen molar-refractivity contribution in [1.82, 2.24) is 20.2 Å². The Morgan fingerprint density at radius 3 is 2.77 bits per heavy atom. The first-order valence-electron chi connectivity index (χ1n) is 15.9. The molecule has 2 N–H and O–H groups in total. The molecular weight excluding hydrogens is 581 g/mol. The van der Waals surface area contributed by atoms with Crippen molar-refractivity contribution in [1.29, 1.82) is 0 Å². The highest BCUT2D eigenvalue weighted by molar-refractivity contribution is 6.35. The number of anilines is 1. The Morgan fingerprint density at radius 1 is 1.07 bits per heavy atom. The second kappa shape index (κ2) is 11.6. The maximum absolute atomic E-state index is 16.8. The van der Waals surface area contributed by atoms with Crippen LogP contribution in [0.4, 0.5) is 10.2 Å². The van der Waals surface area contributed by atoms with E-state index in [2.05, 4.69) is 20.1 Å². The molecule has 4 unspecified atom stereocenters. The predicted octanol–water partition coefficient (Wildman–Crippen LogP) is 5.77. The van der Waals surface area contributed by atoms with Gasteiger partial charge < -0.3 is 24.8 Å². The quantitative estimate of drug-likeness (QED) is 0.253. The van der Waals surface area contributed by atoms with Crippen molar-refractivity contribution in [2.24, 2.45) is 5.92 Å². The summed E-state index contributed by atoms with van der Waals surface area (Å²) < 4.78 is 28.7. The number of aromatic hydroxyl groups is 1. The van der Waals surface area contributed by atoms with Crippen LogP contribution in [0.25, 0.3) is 32.8 Å². The zero-order valence-corrected chi connectivity index (χ0v) is 25.4. The fraction of sp³-hybridized carbons (Fsp3) is 0.471. The van der Waals surface area contributed by atoms with Crippen LogP contribution < -0.4 is 15.0 Å². The molecule has 1 aromatic heterocycles. The van der Waals surface area contributed by atoms with E-state index in [-0.39, 0.29) is 27.9 Å². The van der Waals surface area contributed by atoms with E-state index in [0.29, 0.717) is 47.4 Å². The number of hydrogen-bond acceptors (Lipinski definition) is 8. The molecule has 8 rings (SSSR count). The van der Waals surface area contributed by atoms with Gasteiger partial charge in [0.1, 0.15) is 17.1 Å². The van der Waals surface area contributed by atoms with Crippen molar-refractivity contribution < 1.29 is 19.0 Å². The second-order valence-corrected chi connectivity index (χ2v) is 13.2. The summed E-state index contributed by atoms with van der Waals surface area (Å²) in [4.78, 5) is 14.3. The monoisotopic (exact) mass is 617 g/mol. The van der Waals surface area contributed by atoms with Crippen LogP contribution >= 0.6 is 11.6 Å². The Bertz CT molecular complexity index is 1710. The van der Waals surface area contributed by atoms with E-state index in [1.165, 1.54) is 12.8 Å². The molecule has 4 atom stereocenters. The highest BCUT2D eigenvalue weighted by Crippen LogP contribution is 2.43. The van der Waals surface area contributed by atoms with Crippen LogP contribution in [-0.2, 0) is 4.74 Å². The van der Waals surface area contributed by atoms with Gasteiger partial charge in [0.15, 0.2) is 5.82 Å². The number of aromatic nitrogens is 2. The van der Waals surface area contributed by atoms with E-state index >= 15 is 4.39 Å². The number of nitrogens with zero attached hydrogens (tertiary/aromatic N) is 4. The Labute approximate surface area is 261 Å². The average Bonchev–Trinajstić information content (AvgIpc) is 3.46. The summed E-state index contributed by atoms with van der Waals surface area (Å²) >= 11 is 6.89. The van der Waals surface area contributed by atoms with Crippen LogP contribution in [-0.4, -0.2) is 84.1 Å². The number of rotatable bonds is 7. The average molecular weight is 618 g/mol. The molecule has 230 valence electrons. The molecule has 10 heteroatoms. The molecule has 0 spiro atoms. The fourth-order valence-corrected chi connectivity index (χ4v) is 8.15. The topological polar surface area (TPSA) is 83.0 Å². The third-order valence-corrected chi connectivity index (χ3v) is 10.3. The molecule has 4 aromatic rings. The third-order valence-electron chi connectivity index (χ3n) is 10.0. The maximum atomic E-state index is 16.8. The van der Waals surface area contributed by atoms with Crippen LogP contribution in [0.3, 0.4) is 0 Å². The Morgan fingerprint density at radius 2 is 1.91 bits per heavy atom. The summed E-state index contributed by atoms with van der Waals surface area (Å²) in [7, 11) is 0. The number of phenolic OH excluding ortho intramolecular Hbond substituents is 1. The molecule has 3 aromatic carbocycles. The number of fused-ring (bicyclic) bond motifs is 6. The molecular formula is C34H37ClFN5O3. The van der Waals surface area contributed by atoms with Gasteiger partial charge in [0, 0.05) is 48.7 Å². The molecule has 8 nitrogen and oxygen atoms in total. The van der Waals surface area contributed by atoms with E-state index in [1.807, 2.05) is 24.3 Å². The van der Waals surface area contributed by atoms with Gasteiger partial charge >= 0.3 is 6.01 Å². The zero-order valence-electron chi connectivity index (χ0n) is 24.6. The van der Waals surface area contributed by atoms with Gasteiger partial charge in [0.25, 0.3) is 0 Å². The minimum Gasteiger partial charge on any atom is -0.508 e. The number of benzene rings is 3. The first kappa shape index (κ1) is 28.2. The van der Waals surface area contributed by atoms with Gasteiger partial charge in [-0.15, -0.1) is 0 Å². The number of nitrogens with one attached hydrogen (secondary N) is 1. The normalized spacial score (nSPS) is 25.2. The summed E-state index contributed by atoms with van der Waals surface area (Å²) in [5, 5.41) is 16.6. The Balaban J connectivity index is 1.17. The molecule has 5 heterocycles. The van der Waals surface area contributed by atoms with Crippen molar-refractivity contribution in [3.05, 3.63) is 53.3 Å². The van der Waals surface area contributed by atoms with Crippen molar-refractivity contribution in [2.45, 2.75) is 50.2 Å². The molecule has 44 heavy (non-hydrogen) atoms. The molecule has 0 saturated carbocycles. The lowest BCUT2D eigenvalue weighted by molar-refractivity contribution is -0.0161. The number of morpholine rings is 1. The summed E-state index contributed by atoms with van der Waals surface area (Å²) in [6.07, 6.45) is 5.37. The number of phenols is 1. The van der Waals surface area contributed by atoms with Crippen LogP contribution in [0.1, 0.15) is 32.1 Å².